The van der Waals surface area contributed by atoms with Crippen molar-refractivity contribution in [3.05, 3.63) is 0 Å². The highest BCUT2D eigenvalue weighted by Crippen LogP contribution is 2.36. The van der Waals surface area contributed by atoms with Crippen molar-refractivity contribution in [3.8, 4) is 0 Å². The summed E-state index contributed by atoms with van der Waals surface area (Å²) >= 11 is 1.88. The molecule has 0 radical (unpaired) electrons. The third-order valence-corrected chi connectivity index (χ3v) is 4.05. The molecular formula is C12H22O3S. The lowest BCUT2D eigenvalue weighted by molar-refractivity contribution is -0.191. The van der Waals surface area contributed by atoms with Crippen molar-refractivity contribution in [2.24, 2.45) is 0 Å². The second kappa shape index (κ2) is 6.24. The summed E-state index contributed by atoms with van der Waals surface area (Å²) in [5.74, 6) is 0.960. The van der Waals surface area contributed by atoms with Crippen LogP contribution in [0.4, 0.5) is 0 Å². The molecule has 0 atom stereocenters. The average molecular weight is 246 g/mol. The Labute approximate surface area is 102 Å². The van der Waals surface area contributed by atoms with Gasteiger partial charge in [0.2, 0.25) is 0 Å². The number of thioether (sulfide) groups is 1. The first-order valence-corrected chi connectivity index (χ1v) is 7.62. The van der Waals surface area contributed by atoms with Gasteiger partial charge in [-0.15, -0.1) is 0 Å². The second-order valence-corrected chi connectivity index (χ2v) is 5.51. The maximum atomic E-state index is 5.86. The maximum absolute atomic E-state index is 5.86. The molecule has 1 saturated heterocycles. The number of hydrogen-bond acceptors (Lipinski definition) is 4. The Hall–Kier alpha value is 0.230. The zero-order valence-corrected chi connectivity index (χ0v) is 10.9. The lowest BCUT2D eigenvalue weighted by Crippen LogP contribution is -2.37. The summed E-state index contributed by atoms with van der Waals surface area (Å²) in [7, 11) is 0. The molecule has 0 amide bonds. The van der Waals surface area contributed by atoms with E-state index in [1.807, 2.05) is 11.8 Å². The van der Waals surface area contributed by atoms with E-state index in [1.165, 1.54) is 5.75 Å². The van der Waals surface area contributed by atoms with E-state index >= 15 is 0 Å². The summed E-state index contributed by atoms with van der Waals surface area (Å²) in [4.78, 5) is 0. The van der Waals surface area contributed by atoms with Crippen molar-refractivity contribution in [2.45, 2.75) is 44.0 Å². The molecule has 94 valence electrons. The van der Waals surface area contributed by atoms with Gasteiger partial charge < -0.3 is 14.2 Å². The zero-order valence-electron chi connectivity index (χ0n) is 10.1. The van der Waals surface area contributed by atoms with E-state index in [-0.39, 0.29) is 5.79 Å². The van der Waals surface area contributed by atoms with Crippen LogP contribution in [0.5, 0.6) is 0 Å². The summed E-state index contributed by atoms with van der Waals surface area (Å²) in [5, 5.41) is 0. The Morgan fingerprint density at radius 2 is 1.94 bits per heavy atom. The fourth-order valence-corrected chi connectivity index (χ4v) is 2.84. The van der Waals surface area contributed by atoms with Gasteiger partial charge in [-0.3, -0.25) is 0 Å². The lowest BCUT2D eigenvalue weighted by atomic mass is 9.92. The lowest BCUT2D eigenvalue weighted by Gasteiger charge is -2.35. The van der Waals surface area contributed by atoms with Gasteiger partial charge in [0.05, 0.1) is 19.3 Å². The van der Waals surface area contributed by atoms with Crippen molar-refractivity contribution in [2.75, 3.05) is 31.8 Å². The third-order valence-electron chi connectivity index (χ3n) is 3.35. The molecule has 0 unspecified atom stereocenters. The van der Waals surface area contributed by atoms with Crippen LogP contribution < -0.4 is 0 Å². The van der Waals surface area contributed by atoms with Gasteiger partial charge in [0.1, 0.15) is 0 Å². The molecular weight excluding hydrogens is 224 g/mol. The number of ether oxygens (including phenoxy) is 3. The van der Waals surface area contributed by atoms with Crippen molar-refractivity contribution in [3.63, 3.8) is 0 Å². The molecule has 0 N–H and O–H groups in total. The highest BCUT2D eigenvalue weighted by molar-refractivity contribution is 7.98. The smallest absolute Gasteiger partial charge is 0.168 e. The molecule has 0 bridgehead atoms. The van der Waals surface area contributed by atoms with Crippen LogP contribution in [-0.4, -0.2) is 43.7 Å². The van der Waals surface area contributed by atoms with E-state index in [0.717, 1.165) is 51.9 Å². The quantitative estimate of drug-likeness (QED) is 0.696. The molecule has 0 aromatic heterocycles. The van der Waals surface area contributed by atoms with Gasteiger partial charge in [-0.1, -0.05) is 0 Å². The minimum Gasteiger partial charge on any atom is -0.378 e. The Kier molecular flexibility index (Phi) is 4.95. The predicted molar refractivity (Wildman–Crippen MR) is 65.8 cm³/mol. The molecule has 0 aromatic carbocycles. The number of hydrogen-bond donors (Lipinski definition) is 0. The van der Waals surface area contributed by atoms with Crippen LogP contribution in [0.1, 0.15) is 32.1 Å². The summed E-state index contributed by atoms with van der Waals surface area (Å²) in [6.45, 7) is 2.43. The van der Waals surface area contributed by atoms with E-state index in [9.17, 15) is 0 Å². The SMILES string of the molecule is CSCCCOC1CCC2(CC1)OCCO2. The van der Waals surface area contributed by atoms with E-state index in [4.69, 9.17) is 14.2 Å². The molecule has 1 saturated carbocycles. The van der Waals surface area contributed by atoms with Gasteiger partial charge in [0, 0.05) is 19.4 Å². The molecule has 0 aromatic rings. The molecule has 2 rings (SSSR count). The van der Waals surface area contributed by atoms with Crippen molar-refractivity contribution >= 4 is 11.8 Å². The Morgan fingerprint density at radius 3 is 2.56 bits per heavy atom. The summed E-state index contributed by atoms with van der Waals surface area (Å²) in [5.41, 5.74) is 0. The minimum absolute atomic E-state index is 0.237. The second-order valence-electron chi connectivity index (χ2n) is 4.52. The van der Waals surface area contributed by atoms with Crippen LogP contribution in [0.25, 0.3) is 0 Å². The molecule has 4 heteroatoms. The fourth-order valence-electron chi connectivity index (χ4n) is 2.44. The Bertz CT molecular complexity index is 194. The van der Waals surface area contributed by atoms with E-state index in [1.54, 1.807) is 0 Å². The van der Waals surface area contributed by atoms with Crippen LogP contribution in [0, 0.1) is 0 Å². The molecule has 2 aliphatic rings. The molecule has 1 aliphatic carbocycles. The van der Waals surface area contributed by atoms with Crippen LogP contribution in [-0.2, 0) is 14.2 Å². The van der Waals surface area contributed by atoms with Gasteiger partial charge in [-0.05, 0) is 31.3 Å². The van der Waals surface area contributed by atoms with Crippen LogP contribution in [0.3, 0.4) is 0 Å². The maximum Gasteiger partial charge on any atom is 0.168 e. The normalized spacial score (nSPS) is 25.3. The first kappa shape index (κ1) is 12.7. The van der Waals surface area contributed by atoms with Gasteiger partial charge in [-0.2, -0.15) is 11.8 Å². The summed E-state index contributed by atoms with van der Waals surface area (Å²) in [6, 6.07) is 0. The van der Waals surface area contributed by atoms with Crippen molar-refractivity contribution in [1.29, 1.82) is 0 Å². The zero-order chi connectivity index (χ0) is 11.3. The average Bonchev–Trinajstić information content (AvgIpc) is 2.76. The largest absolute Gasteiger partial charge is 0.378 e. The molecule has 16 heavy (non-hydrogen) atoms. The molecule has 3 nitrogen and oxygen atoms in total. The van der Waals surface area contributed by atoms with Crippen LogP contribution in [0.15, 0.2) is 0 Å². The van der Waals surface area contributed by atoms with Gasteiger partial charge in [-0.25, -0.2) is 0 Å². The first-order chi connectivity index (χ1) is 7.85. The van der Waals surface area contributed by atoms with E-state index in [2.05, 4.69) is 6.26 Å². The monoisotopic (exact) mass is 246 g/mol. The molecule has 2 fully saturated rings. The van der Waals surface area contributed by atoms with E-state index < -0.39 is 0 Å². The van der Waals surface area contributed by atoms with Gasteiger partial charge in [0.15, 0.2) is 5.79 Å². The standard InChI is InChI=1S/C12H22O3S/c1-16-10-2-7-13-11-3-5-12(6-4-11)14-8-9-15-12/h11H,2-10H2,1H3. The van der Waals surface area contributed by atoms with Crippen LogP contribution >= 0.6 is 11.8 Å². The molecule has 1 spiro atoms. The van der Waals surface area contributed by atoms with Gasteiger partial charge >= 0.3 is 0 Å². The van der Waals surface area contributed by atoms with E-state index in [0.29, 0.717) is 6.10 Å². The van der Waals surface area contributed by atoms with Crippen molar-refractivity contribution in [1.82, 2.24) is 0 Å². The number of rotatable bonds is 5. The Balaban J connectivity index is 1.61. The predicted octanol–water partition coefficient (Wildman–Crippen LogP) is 2.44. The highest BCUT2D eigenvalue weighted by Gasteiger charge is 2.40. The van der Waals surface area contributed by atoms with Crippen LogP contribution in [0.2, 0.25) is 0 Å². The topological polar surface area (TPSA) is 27.7 Å². The summed E-state index contributed by atoms with van der Waals surface area (Å²) in [6.07, 6.45) is 7.90. The fraction of sp³-hybridized carbons (Fsp3) is 1.00. The Morgan fingerprint density at radius 1 is 1.25 bits per heavy atom. The minimum atomic E-state index is -0.237. The third kappa shape index (κ3) is 3.36. The highest BCUT2D eigenvalue weighted by atomic mass is 32.2. The summed E-state index contributed by atoms with van der Waals surface area (Å²) < 4.78 is 17.2. The first-order valence-electron chi connectivity index (χ1n) is 6.23. The van der Waals surface area contributed by atoms with Gasteiger partial charge in [0.25, 0.3) is 0 Å². The molecule has 1 heterocycles. The molecule has 1 aliphatic heterocycles. The van der Waals surface area contributed by atoms with Crippen molar-refractivity contribution < 1.29 is 14.2 Å².